The number of nitrogens with one attached hydrogen (secondary N) is 1. The second-order valence-corrected chi connectivity index (χ2v) is 7.41. The third-order valence-electron chi connectivity index (χ3n) is 5.00. The van der Waals surface area contributed by atoms with Crippen LogP contribution in [0.5, 0.6) is 0 Å². The van der Waals surface area contributed by atoms with Gasteiger partial charge in [-0.2, -0.15) is 5.26 Å². The summed E-state index contributed by atoms with van der Waals surface area (Å²) >= 11 is 0. The van der Waals surface area contributed by atoms with Crippen LogP contribution in [0.1, 0.15) is 37.8 Å². The molecule has 2 fully saturated rings. The van der Waals surface area contributed by atoms with Crippen molar-refractivity contribution in [2.75, 3.05) is 19.6 Å². The first-order valence-corrected chi connectivity index (χ1v) is 8.79. The van der Waals surface area contributed by atoms with Crippen molar-refractivity contribution < 1.29 is 9.59 Å². The number of carbonyl (C=O) groups is 2. The van der Waals surface area contributed by atoms with Crippen LogP contribution in [0.3, 0.4) is 0 Å². The molecule has 0 atom stereocenters. The van der Waals surface area contributed by atoms with Crippen LogP contribution in [0.15, 0.2) is 24.3 Å². The average molecular weight is 340 g/mol. The van der Waals surface area contributed by atoms with Crippen molar-refractivity contribution >= 4 is 11.9 Å². The zero-order valence-corrected chi connectivity index (χ0v) is 14.8. The highest BCUT2D eigenvalue weighted by Gasteiger charge is 2.52. The molecule has 1 N–H and O–H groups in total. The minimum Gasteiger partial charge on any atom is -0.323 e. The van der Waals surface area contributed by atoms with Crippen LogP contribution in [-0.4, -0.2) is 46.9 Å². The summed E-state index contributed by atoms with van der Waals surface area (Å²) in [7, 11) is 0. The molecule has 132 valence electrons. The van der Waals surface area contributed by atoms with E-state index in [0.717, 1.165) is 25.2 Å². The number of benzene rings is 1. The fourth-order valence-corrected chi connectivity index (χ4v) is 3.66. The van der Waals surface area contributed by atoms with Crippen molar-refractivity contribution in [1.29, 1.82) is 5.26 Å². The van der Waals surface area contributed by atoms with Crippen molar-refractivity contribution in [3.63, 3.8) is 0 Å². The zero-order chi connectivity index (χ0) is 18.0. The van der Waals surface area contributed by atoms with Gasteiger partial charge in [-0.1, -0.05) is 26.0 Å². The molecule has 25 heavy (non-hydrogen) atoms. The first-order chi connectivity index (χ1) is 11.9. The van der Waals surface area contributed by atoms with Gasteiger partial charge in [-0.15, -0.1) is 0 Å². The molecule has 1 spiro atoms. The van der Waals surface area contributed by atoms with E-state index in [1.54, 1.807) is 24.3 Å². The summed E-state index contributed by atoms with van der Waals surface area (Å²) in [5.74, 6) is 0.474. The number of hydrogen-bond donors (Lipinski definition) is 1. The lowest BCUT2D eigenvalue weighted by Crippen LogP contribution is -2.55. The molecule has 2 heterocycles. The molecule has 0 bridgehead atoms. The Morgan fingerprint density at radius 3 is 2.40 bits per heavy atom. The molecule has 3 rings (SSSR count). The highest BCUT2D eigenvalue weighted by Crippen LogP contribution is 2.30. The van der Waals surface area contributed by atoms with Crippen LogP contribution in [0.2, 0.25) is 0 Å². The Balaban J connectivity index is 1.67. The van der Waals surface area contributed by atoms with Gasteiger partial charge in [0.2, 0.25) is 0 Å². The maximum atomic E-state index is 12.9. The normalized spacial score (nSPS) is 20.2. The summed E-state index contributed by atoms with van der Waals surface area (Å²) in [6.07, 6.45) is 1.32. The number of nitrogens with zero attached hydrogens (tertiary/aromatic N) is 3. The Kier molecular flexibility index (Phi) is 4.78. The van der Waals surface area contributed by atoms with Crippen molar-refractivity contribution in [2.45, 2.75) is 38.8 Å². The van der Waals surface area contributed by atoms with Gasteiger partial charge < -0.3 is 10.2 Å². The van der Waals surface area contributed by atoms with Crippen molar-refractivity contribution in [3.05, 3.63) is 35.4 Å². The molecule has 6 nitrogen and oxygen atoms in total. The molecule has 0 radical (unpaired) electrons. The molecule has 0 unspecified atom stereocenters. The predicted molar refractivity (Wildman–Crippen MR) is 93.5 cm³/mol. The summed E-state index contributed by atoms with van der Waals surface area (Å²) in [5.41, 5.74) is 0.670. The Hall–Kier alpha value is -2.39. The van der Waals surface area contributed by atoms with Crippen LogP contribution in [0.25, 0.3) is 0 Å². The van der Waals surface area contributed by atoms with E-state index in [1.165, 1.54) is 4.90 Å². The number of hydrogen-bond acceptors (Lipinski definition) is 4. The monoisotopic (exact) mass is 340 g/mol. The van der Waals surface area contributed by atoms with Crippen LogP contribution in [-0.2, 0) is 11.3 Å². The van der Waals surface area contributed by atoms with E-state index < -0.39 is 5.54 Å². The number of amides is 3. The second-order valence-electron chi connectivity index (χ2n) is 7.41. The molecule has 6 heteroatoms. The SMILES string of the molecule is CC(C)CN1CCC2(CC1)NC(=O)N(Cc1ccc(C#N)cc1)C2=O. The molecule has 0 aromatic heterocycles. The topological polar surface area (TPSA) is 76.4 Å². The minimum absolute atomic E-state index is 0.119. The predicted octanol–water partition coefficient (Wildman–Crippen LogP) is 2.10. The van der Waals surface area contributed by atoms with Gasteiger partial charge in [-0.3, -0.25) is 9.69 Å². The Bertz CT molecular complexity index is 697. The molecule has 2 aliphatic rings. The van der Waals surface area contributed by atoms with Gasteiger partial charge in [0.15, 0.2) is 0 Å². The summed E-state index contributed by atoms with van der Waals surface area (Å²) in [4.78, 5) is 29.0. The molecule has 3 amide bonds. The van der Waals surface area contributed by atoms with Crippen LogP contribution in [0, 0.1) is 17.2 Å². The van der Waals surface area contributed by atoms with E-state index >= 15 is 0 Å². The number of carbonyl (C=O) groups excluding carboxylic acids is 2. The number of piperidine rings is 1. The van der Waals surface area contributed by atoms with Gasteiger partial charge in [0.25, 0.3) is 5.91 Å². The van der Waals surface area contributed by atoms with Gasteiger partial charge in [-0.25, -0.2) is 4.79 Å². The number of rotatable bonds is 4. The van der Waals surface area contributed by atoms with Crippen LogP contribution < -0.4 is 5.32 Å². The second kappa shape index (κ2) is 6.85. The summed E-state index contributed by atoms with van der Waals surface area (Å²) < 4.78 is 0. The quantitative estimate of drug-likeness (QED) is 0.852. The standard InChI is InChI=1S/C19H24N4O2/c1-14(2)12-22-9-7-19(8-10-22)17(24)23(18(25)21-19)13-16-5-3-15(11-20)4-6-16/h3-6,14H,7-10,12-13H2,1-2H3,(H,21,25). The van der Waals surface area contributed by atoms with Gasteiger partial charge in [0, 0.05) is 19.6 Å². The fourth-order valence-electron chi connectivity index (χ4n) is 3.66. The Morgan fingerprint density at radius 1 is 1.20 bits per heavy atom. The van der Waals surface area contributed by atoms with E-state index in [2.05, 4.69) is 30.1 Å². The lowest BCUT2D eigenvalue weighted by atomic mass is 9.87. The molecule has 0 saturated carbocycles. The van der Waals surface area contributed by atoms with Gasteiger partial charge in [-0.05, 0) is 36.5 Å². The number of likely N-dealkylation sites (tertiary alicyclic amines) is 1. The molecule has 1 aromatic rings. The van der Waals surface area contributed by atoms with E-state index in [1.807, 2.05) is 0 Å². The van der Waals surface area contributed by atoms with Crippen LogP contribution in [0.4, 0.5) is 4.79 Å². The third kappa shape index (κ3) is 3.52. The van der Waals surface area contributed by atoms with Crippen LogP contribution >= 0.6 is 0 Å². The first-order valence-electron chi connectivity index (χ1n) is 8.79. The van der Waals surface area contributed by atoms with Gasteiger partial charge >= 0.3 is 6.03 Å². The lowest BCUT2D eigenvalue weighted by Gasteiger charge is -2.38. The smallest absolute Gasteiger partial charge is 0.323 e. The number of urea groups is 1. The largest absolute Gasteiger partial charge is 0.325 e. The molecule has 2 saturated heterocycles. The summed E-state index contributed by atoms with van der Waals surface area (Å²) in [6, 6.07) is 8.73. The maximum absolute atomic E-state index is 12.9. The van der Waals surface area contributed by atoms with E-state index in [9.17, 15) is 9.59 Å². The highest BCUT2D eigenvalue weighted by molar-refractivity contribution is 6.07. The van der Waals surface area contributed by atoms with Crippen molar-refractivity contribution in [2.24, 2.45) is 5.92 Å². The summed E-state index contributed by atoms with van der Waals surface area (Å²) in [6.45, 7) is 7.29. The van der Waals surface area contributed by atoms with Gasteiger partial charge in [0.1, 0.15) is 5.54 Å². The molecular formula is C19H24N4O2. The fraction of sp³-hybridized carbons (Fsp3) is 0.526. The number of nitriles is 1. The maximum Gasteiger partial charge on any atom is 0.325 e. The molecule has 0 aliphatic carbocycles. The number of imide groups is 1. The molecule has 1 aromatic carbocycles. The molecule has 2 aliphatic heterocycles. The average Bonchev–Trinajstić information content (AvgIpc) is 2.82. The zero-order valence-electron chi connectivity index (χ0n) is 14.8. The van der Waals surface area contributed by atoms with E-state index in [-0.39, 0.29) is 18.5 Å². The lowest BCUT2D eigenvalue weighted by molar-refractivity contribution is -0.133. The Morgan fingerprint density at radius 2 is 1.84 bits per heavy atom. The molecular weight excluding hydrogens is 316 g/mol. The third-order valence-corrected chi connectivity index (χ3v) is 5.00. The minimum atomic E-state index is -0.739. The first kappa shape index (κ1) is 17.4. The van der Waals surface area contributed by atoms with Crippen molar-refractivity contribution in [3.8, 4) is 6.07 Å². The van der Waals surface area contributed by atoms with E-state index in [0.29, 0.717) is 24.3 Å². The van der Waals surface area contributed by atoms with Crippen molar-refractivity contribution in [1.82, 2.24) is 15.1 Å². The summed E-state index contributed by atoms with van der Waals surface area (Å²) in [5, 5.41) is 11.8. The Labute approximate surface area is 148 Å². The highest BCUT2D eigenvalue weighted by atomic mass is 16.2. The van der Waals surface area contributed by atoms with E-state index in [4.69, 9.17) is 5.26 Å². The van der Waals surface area contributed by atoms with Gasteiger partial charge in [0.05, 0.1) is 18.2 Å².